The quantitative estimate of drug-likeness (QED) is 0.918. The van der Waals surface area contributed by atoms with Gasteiger partial charge in [-0.15, -0.1) is 0 Å². The molecule has 0 amide bonds. The molecule has 3 rings (SSSR count). The van der Waals surface area contributed by atoms with E-state index >= 15 is 0 Å². The Balaban J connectivity index is 2.06. The number of hydrogen-bond donors (Lipinski definition) is 1. The van der Waals surface area contributed by atoms with Gasteiger partial charge in [0, 0.05) is 35.9 Å². The summed E-state index contributed by atoms with van der Waals surface area (Å²) >= 11 is 0. The van der Waals surface area contributed by atoms with E-state index in [4.69, 9.17) is 0 Å². The standard InChI is InChI=1S/C15H17FN2O/c16-11-4-5-13-14(10-11)17-7-6-15(13)18(8-9-19)12-2-1-3-12/h4-7,10,12,19H,1-3,8-9H2. The molecule has 3 nitrogen and oxygen atoms in total. The summed E-state index contributed by atoms with van der Waals surface area (Å²) < 4.78 is 13.3. The molecule has 1 aliphatic carbocycles. The minimum Gasteiger partial charge on any atom is -0.395 e. The monoisotopic (exact) mass is 260 g/mol. The van der Waals surface area contributed by atoms with Crippen molar-refractivity contribution in [1.29, 1.82) is 0 Å². The minimum atomic E-state index is -0.269. The van der Waals surface area contributed by atoms with Crippen molar-refractivity contribution in [1.82, 2.24) is 4.98 Å². The maximum Gasteiger partial charge on any atom is 0.125 e. The number of hydrogen-bond acceptors (Lipinski definition) is 3. The molecule has 0 aliphatic heterocycles. The van der Waals surface area contributed by atoms with E-state index in [1.54, 1.807) is 12.3 Å². The van der Waals surface area contributed by atoms with Crippen LogP contribution >= 0.6 is 0 Å². The summed E-state index contributed by atoms with van der Waals surface area (Å²) in [4.78, 5) is 6.45. The Hall–Kier alpha value is -1.68. The lowest BCUT2D eigenvalue weighted by atomic mass is 9.90. The topological polar surface area (TPSA) is 36.4 Å². The fraction of sp³-hybridized carbons (Fsp3) is 0.400. The van der Waals surface area contributed by atoms with Gasteiger partial charge in [-0.1, -0.05) is 0 Å². The molecule has 1 aromatic heterocycles. The molecule has 0 bridgehead atoms. The molecule has 0 spiro atoms. The molecule has 0 radical (unpaired) electrons. The number of aromatic nitrogens is 1. The first-order valence-corrected chi connectivity index (χ1v) is 6.71. The molecule has 0 saturated heterocycles. The molecule has 1 heterocycles. The van der Waals surface area contributed by atoms with Crippen molar-refractivity contribution in [3.8, 4) is 0 Å². The zero-order valence-electron chi connectivity index (χ0n) is 10.7. The smallest absolute Gasteiger partial charge is 0.125 e. The number of rotatable bonds is 4. The number of aliphatic hydroxyl groups is 1. The van der Waals surface area contributed by atoms with Crippen LogP contribution in [0.15, 0.2) is 30.5 Å². The maximum atomic E-state index is 13.3. The summed E-state index contributed by atoms with van der Waals surface area (Å²) in [5.74, 6) is -0.269. The number of halogens is 1. The van der Waals surface area contributed by atoms with Crippen molar-refractivity contribution < 1.29 is 9.50 Å². The Kier molecular flexibility index (Phi) is 3.34. The van der Waals surface area contributed by atoms with Crippen molar-refractivity contribution >= 4 is 16.6 Å². The molecule has 19 heavy (non-hydrogen) atoms. The largest absolute Gasteiger partial charge is 0.395 e. The predicted octanol–water partition coefficient (Wildman–Crippen LogP) is 2.73. The molecule has 2 aromatic rings. The third-order valence-electron chi connectivity index (χ3n) is 3.85. The average Bonchev–Trinajstić information content (AvgIpc) is 2.35. The third-order valence-corrected chi connectivity index (χ3v) is 3.85. The maximum absolute atomic E-state index is 13.3. The van der Waals surface area contributed by atoms with Gasteiger partial charge in [-0.25, -0.2) is 4.39 Å². The number of pyridine rings is 1. The molecular formula is C15H17FN2O. The van der Waals surface area contributed by atoms with Gasteiger partial charge in [0.25, 0.3) is 0 Å². The van der Waals surface area contributed by atoms with Gasteiger partial charge >= 0.3 is 0 Å². The summed E-state index contributed by atoms with van der Waals surface area (Å²) in [6.07, 6.45) is 5.26. The van der Waals surface area contributed by atoms with Crippen molar-refractivity contribution in [3.05, 3.63) is 36.3 Å². The summed E-state index contributed by atoms with van der Waals surface area (Å²) in [7, 11) is 0. The van der Waals surface area contributed by atoms with Crippen LogP contribution in [-0.2, 0) is 0 Å². The summed E-state index contributed by atoms with van der Waals surface area (Å²) in [5, 5.41) is 10.2. The Morgan fingerprint density at radius 1 is 1.32 bits per heavy atom. The van der Waals surface area contributed by atoms with E-state index in [9.17, 15) is 9.50 Å². The number of anilines is 1. The number of nitrogens with zero attached hydrogens (tertiary/aromatic N) is 2. The Morgan fingerprint density at radius 3 is 2.84 bits per heavy atom. The van der Waals surface area contributed by atoms with Crippen molar-refractivity contribution in [2.24, 2.45) is 0 Å². The van der Waals surface area contributed by atoms with Crippen LogP contribution in [0.5, 0.6) is 0 Å². The third kappa shape index (κ3) is 2.28. The van der Waals surface area contributed by atoms with Crippen LogP contribution < -0.4 is 4.90 Å². The van der Waals surface area contributed by atoms with E-state index in [0.29, 0.717) is 18.1 Å². The van der Waals surface area contributed by atoms with Crippen molar-refractivity contribution in [2.75, 3.05) is 18.1 Å². The van der Waals surface area contributed by atoms with E-state index in [1.165, 1.54) is 18.6 Å². The van der Waals surface area contributed by atoms with Gasteiger partial charge in [0.05, 0.1) is 12.1 Å². The molecule has 1 fully saturated rings. The minimum absolute atomic E-state index is 0.126. The van der Waals surface area contributed by atoms with E-state index < -0.39 is 0 Å². The van der Waals surface area contributed by atoms with Crippen LogP contribution in [0.2, 0.25) is 0 Å². The highest BCUT2D eigenvalue weighted by molar-refractivity contribution is 5.91. The molecule has 100 valence electrons. The Morgan fingerprint density at radius 2 is 2.16 bits per heavy atom. The second-order valence-electron chi connectivity index (χ2n) is 4.99. The Bertz CT molecular complexity index is 583. The lowest BCUT2D eigenvalue weighted by Crippen LogP contribution is -2.42. The zero-order valence-corrected chi connectivity index (χ0v) is 10.7. The fourth-order valence-electron chi connectivity index (χ4n) is 2.66. The van der Waals surface area contributed by atoms with Crippen molar-refractivity contribution in [3.63, 3.8) is 0 Å². The first kappa shape index (κ1) is 12.4. The van der Waals surface area contributed by atoms with Crippen LogP contribution in [0.4, 0.5) is 10.1 Å². The lowest BCUT2D eigenvalue weighted by Gasteiger charge is -2.39. The van der Waals surface area contributed by atoms with E-state index in [-0.39, 0.29) is 12.4 Å². The Labute approximate surface area is 111 Å². The molecule has 1 N–H and O–H groups in total. The van der Waals surface area contributed by atoms with Gasteiger partial charge in [0.1, 0.15) is 5.82 Å². The summed E-state index contributed by atoms with van der Waals surface area (Å²) in [6, 6.07) is 7.13. The van der Waals surface area contributed by atoms with Crippen molar-refractivity contribution in [2.45, 2.75) is 25.3 Å². The van der Waals surface area contributed by atoms with Gasteiger partial charge < -0.3 is 10.0 Å². The fourth-order valence-corrected chi connectivity index (χ4v) is 2.66. The van der Waals surface area contributed by atoms with Gasteiger partial charge in [-0.05, 0) is 37.5 Å². The second-order valence-corrected chi connectivity index (χ2v) is 4.99. The van der Waals surface area contributed by atoms with Gasteiger partial charge in [-0.3, -0.25) is 4.98 Å². The number of fused-ring (bicyclic) bond motifs is 1. The second kappa shape index (κ2) is 5.13. The van der Waals surface area contributed by atoms with Crippen LogP contribution in [0.1, 0.15) is 19.3 Å². The predicted molar refractivity (Wildman–Crippen MR) is 73.8 cm³/mol. The average molecular weight is 260 g/mol. The van der Waals surface area contributed by atoms with Crippen LogP contribution in [0.3, 0.4) is 0 Å². The van der Waals surface area contributed by atoms with E-state index in [1.807, 2.05) is 6.07 Å². The van der Waals surface area contributed by atoms with Gasteiger partial charge in [-0.2, -0.15) is 0 Å². The van der Waals surface area contributed by atoms with E-state index in [0.717, 1.165) is 23.9 Å². The number of benzene rings is 1. The summed E-state index contributed by atoms with van der Waals surface area (Å²) in [6.45, 7) is 0.739. The van der Waals surface area contributed by atoms with E-state index in [2.05, 4.69) is 9.88 Å². The number of aliphatic hydroxyl groups excluding tert-OH is 1. The molecule has 0 unspecified atom stereocenters. The molecule has 0 atom stereocenters. The van der Waals surface area contributed by atoms with Gasteiger partial charge in [0.15, 0.2) is 0 Å². The first-order chi connectivity index (χ1) is 9.29. The molecule has 4 heteroatoms. The zero-order chi connectivity index (χ0) is 13.2. The molecule has 1 aliphatic rings. The highest BCUT2D eigenvalue weighted by atomic mass is 19.1. The van der Waals surface area contributed by atoms with Crippen LogP contribution in [-0.4, -0.2) is 29.3 Å². The highest BCUT2D eigenvalue weighted by Crippen LogP contribution is 2.33. The summed E-state index contributed by atoms with van der Waals surface area (Å²) in [5.41, 5.74) is 1.71. The molecular weight excluding hydrogens is 243 g/mol. The molecule has 1 saturated carbocycles. The lowest BCUT2D eigenvalue weighted by molar-refractivity contribution is 0.284. The highest BCUT2D eigenvalue weighted by Gasteiger charge is 2.25. The first-order valence-electron chi connectivity index (χ1n) is 6.71. The van der Waals surface area contributed by atoms with Crippen LogP contribution in [0.25, 0.3) is 10.9 Å². The van der Waals surface area contributed by atoms with Crippen LogP contribution in [0, 0.1) is 5.82 Å². The van der Waals surface area contributed by atoms with Gasteiger partial charge in [0.2, 0.25) is 0 Å². The SMILES string of the molecule is OCCN(c1ccnc2cc(F)ccc12)C1CCC1. The molecule has 1 aromatic carbocycles. The normalized spacial score (nSPS) is 15.5.